The molecule has 0 aromatic carbocycles. The van der Waals surface area contributed by atoms with Gasteiger partial charge in [-0.3, -0.25) is 9.59 Å². The van der Waals surface area contributed by atoms with Crippen LogP contribution in [-0.4, -0.2) is 23.7 Å². The highest BCUT2D eigenvalue weighted by Gasteiger charge is 2.25. The van der Waals surface area contributed by atoms with Crippen LogP contribution in [0.15, 0.2) is 30.5 Å². The number of methoxy groups -OCH3 is 1. The van der Waals surface area contributed by atoms with Gasteiger partial charge in [0.2, 0.25) is 5.78 Å². The molecule has 0 spiro atoms. The van der Waals surface area contributed by atoms with Gasteiger partial charge in [-0.25, -0.2) is 0 Å². The predicted octanol–water partition coefficient (Wildman–Crippen LogP) is 3.53. The Hall–Kier alpha value is -2.36. The van der Waals surface area contributed by atoms with Gasteiger partial charge in [-0.05, 0) is 37.0 Å². The van der Waals surface area contributed by atoms with Crippen molar-refractivity contribution in [3.63, 3.8) is 0 Å². The van der Waals surface area contributed by atoms with E-state index in [4.69, 9.17) is 4.74 Å². The van der Waals surface area contributed by atoms with Gasteiger partial charge in [-0.15, -0.1) is 0 Å². The SMILES string of the molecule is C=C(C)/C1=C/CC/C=C(/OC)c2c(C(=O)C(C)=O)c[nH]c21. The number of ether oxygens (including phenoxy) is 1. The molecular weight excluding hydrogens is 266 g/mol. The number of carbonyl (C=O) groups excluding carboxylic acids is 2. The fourth-order valence-electron chi connectivity index (χ4n) is 2.48. The number of allylic oxidation sites excluding steroid dienone is 4. The van der Waals surface area contributed by atoms with Gasteiger partial charge in [0.05, 0.1) is 23.9 Å². The summed E-state index contributed by atoms with van der Waals surface area (Å²) in [6, 6.07) is 0. The molecule has 0 amide bonds. The van der Waals surface area contributed by atoms with E-state index in [0.717, 1.165) is 29.7 Å². The third-order valence-electron chi connectivity index (χ3n) is 3.48. The van der Waals surface area contributed by atoms with E-state index in [1.807, 2.05) is 13.0 Å². The molecule has 0 atom stereocenters. The maximum atomic E-state index is 12.1. The summed E-state index contributed by atoms with van der Waals surface area (Å²) in [6.45, 7) is 7.18. The third kappa shape index (κ3) is 2.75. The Balaban J connectivity index is 2.71. The van der Waals surface area contributed by atoms with E-state index in [1.54, 1.807) is 13.3 Å². The molecular formula is C17H19NO3. The van der Waals surface area contributed by atoms with Gasteiger partial charge in [-0.1, -0.05) is 12.7 Å². The number of aromatic amines is 1. The van der Waals surface area contributed by atoms with Crippen LogP contribution in [0.2, 0.25) is 0 Å². The van der Waals surface area contributed by atoms with Gasteiger partial charge in [0, 0.05) is 13.1 Å². The molecule has 0 aliphatic heterocycles. The van der Waals surface area contributed by atoms with Crippen LogP contribution in [0.4, 0.5) is 0 Å². The first-order chi connectivity index (χ1) is 9.97. The second-order valence-corrected chi connectivity index (χ2v) is 5.09. The summed E-state index contributed by atoms with van der Waals surface area (Å²) in [6.07, 6.45) is 7.27. The van der Waals surface area contributed by atoms with Crippen molar-refractivity contribution in [2.24, 2.45) is 0 Å². The number of carbonyl (C=O) groups is 2. The second kappa shape index (κ2) is 5.95. The van der Waals surface area contributed by atoms with Crippen molar-refractivity contribution in [2.75, 3.05) is 7.11 Å². The lowest BCUT2D eigenvalue weighted by molar-refractivity contribution is -0.113. The number of hydrogen-bond donors (Lipinski definition) is 1. The summed E-state index contributed by atoms with van der Waals surface area (Å²) < 4.78 is 5.43. The highest BCUT2D eigenvalue weighted by Crippen LogP contribution is 2.34. The molecule has 1 heterocycles. The zero-order valence-electron chi connectivity index (χ0n) is 12.6. The van der Waals surface area contributed by atoms with Crippen molar-refractivity contribution in [1.82, 2.24) is 4.98 Å². The summed E-state index contributed by atoms with van der Waals surface area (Å²) in [5, 5.41) is 0. The summed E-state index contributed by atoms with van der Waals surface area (Å²) in [5.41, 5.74) is 3.62. The Morgan fingerprint density at radius 3 is 2.48 bits per heavy atom. The Bertz CT molecular complexity index is 674. The van der Waals surface area contributed by atoms with Crippen molar-refractivity contribution in [1.29, 1.82) is 0 Å². The minimum Gasteiger partial charge on any atom is -0.496 e. The monoisotopic (exact) mass is 285 g/mol. The lowest BCUT2D eigenvalue weighted by atomic mass is 9.93. The van der Waals surface area contributed by atoms with Gasteiger partial charge < -0.3 is 9.72 Å². The largest absolute Gasteiger partial charge is 0.496 e. The quantitative estimate of drug-likeness (QED) is 0.680. The van der Waals surface area contributed by atoms with Crippen molar-refractivity contribution in [2.45, 2.75) is 26.7 Å². The normalized spacial score (nSPS) is 19.2. The number of fused-ring (bicyclic) bond motifs is 1. The third-order valence-corrected chi connectivity index (χ3v) is 3.48. The second-order valence-electron chi connectivity index (χ2n) is 5.09. The number of nitrogens with one attached hydrogen (secondary N) is 1. The van der Waals surface area contributed by atoms with Crippen LogP contribution >= 0.6 is 0 Å². The number of hydrogen-bond acceptors (Lipinski definition) is 3. The van der Waals surface area contributed by atoms with Crippen LogP contribution in [0.25, 0.3) is 11.3 Å². The first kappa shape index (κ1) is 15.0. The molecule has 21 heavy (non-hydrogen) atoms. The predicted molar refractivity (Wildman–Crippen MR) is 82.8 cm³/mol. The van der Waals surface area contributed by atoms with Gasteiger partial charge in [-0.2, -0.15) is 0 Å². The Kier molecular flexibility index (Phi) is 4.26. The molecule has 1 aliphatic carbocycles. The van der Waals surface area contributed by atoms with E-state index in [0.29, 0.717) is 16.9 Å². The zero-order valence-corrected chi connectivity index (χ0v) is 12.6. The summed E-state index contributed by atoms with van der Waals surface area (Å²) in [5.74, 6) is -0.394. The molecule has 0 radical (unpaired) electrons. The van der Waals surface area contributed by atoms with Gasteiger partial charge in [0.15, 0.2) is 5.78 Å². The van der Waals surface area contributed by atoms with Crippen molar-refractivity contribution < 1.29 is 14.3 Å². The fourth-order valence-corrected chi connectivity index (χ4v) is 2.48. The average molecular weight is 285 g/mol. The molecule has 2 rings (SSSR count). The van der Waals surface area contributed by atoms with E-state index in [-0.39, 0.29) is 0 Å². The van der Waals surface area contributed by atoms with Crippen molar-refractivity contribution >= 4 is 22.9 Å². The molecule has 110 valence electrons. The lowest BCUT2D eigenvalue weighted by Gasteiger charge is -2.15. The summed E-state index contributed by atoms with van der Waals surface area (Å²) in [4.78, 5) is 26.7. The lowest BCUT2D eigenvalue weighted by Crippen LogP contribution is -2.12. The number of ketones is 2. The van der Waals surface area contributed by atoms with Gasteiger partial charge in [0.25, 0.3) is 0 Å². The van der Waals surface area contributed by atoms with Crippen LogP contribution in [0.3, 0.4) is 0 Å². The van der Waals surface area contributed by atoms with Crippen LogP contribution in [0, 0.1) is 0 Å². The maximum Gasteiger partial charge on any atom is 0.230 e. The Labute approximate surface area is 124 Å². The molecule has 0 unspecified atom stereocenters. The number of Topliss-reactive ketones (excluding diaryl/α,β-unsaturated/α-hetero) is 2. The molecule has 4 nitrogen and oxygen atoms in total. The zero-order chi connectivity index (χ0) is 15.6. The molecule has 0 fully saturated rings. The molecule has 4 heteroatoms. The Morgan fingerprint density at radius 2 is 1.90 bits per heavy atom. The summed E-state index contributed by atoms with van der Waals surface area (Å²) >= 11 is 0. The van der Waals surface area contributed by atoms with Crippen LogP contribution < -0.4 is 0 Å². The van der Waals surface area contributed by atoms with Crippen LogP contribution in [0.1, 0.15) is 48.3 Å². The minimum atomic E-state index is -0.517. The van der Waals surface area contributed by atoms with Crippen molar-refractivity contribution in [3.05, 3.63) is 47.3 Å². The number of rotatable bonds is 4. The standard InChI is InChI=1S/C17H19NO3/c1-10(2)12-7-5-6-8-14(21-4)15-13(9-18-16(12)15)17(20)11(3)19/h7-9,18H,1,5-6H2,2-4H3/b12-7-,14-8+. The smallest absolute Gasteiger partial charge is 0.230 e. The first-order valence-electron chi connectivity index (χ1n) is 6.85. The minimum absolute atomic E-state index is 0.347. The van der Waals surface area contributed by atoms with E-state index in [2.05, 4.69) is 17.6 Å². The van der Waals surface area contributed by atoms with Crippen molar-refractivity contribution in [3.8, 4) is 0 Å². The molecule has 1 N–H and O–H groups in total. The molecule has 1 aromatic heterocycles. The molecule has 1 aromatic rings. The highest BCUT2D eigenvalue weighted by atomic mass is 16.5. The highest BCUT2D eigenvalue weighted by molar-refractivity contribution is 6.43. The van der Waals surface area contributed by atoms with E-state index in [9.17, 15) is 9.59 Å². The van der Waals surface area contributed by atoms with Crippen LogP contribution in [-0.2, 0) is 9.53 Å². The number of aromatic nitrogens is 1. The van der Waals surface area contributed by atoms with E-state index >= 15 is 0 Å². The first-order valence-corrected chi connectivity index (χ1v) is 6.85. The molecule has 0 bridgehead atoms. The topological polar surface area (TPSA) is 59.2 Å². The van der Waals surface area contributed by atoms with E-state index < -0.39 is 11.6 Å². The van der Waals surface area contributed by atoms with Gasteiger partial charge >= 0.3 is 0 Å². The molecule has 0 saturated heterocycles. The molecule has 0 saturated carbocycles. The van der Waals surface area contributed by atoms with E-state index in [1.165, 1.54) is 6.92 Å². The van der Waals surface area contributed by atoms with Crippen LogP contribution in [0.5, 0.6) is 0 Å². The fraction of sp³-hybridized carbons (Fsp3) is 0.294. The van der Waals surface area contributed by atoms with Gasteiger partial charge in [0.1, 0.15) is 5.76 Å². The number of H-pyrrole nitrogens is 1. The maximum absolute atomic E-state index is 12.1. The molecule has 1 aliphatic rings. The average Bonchev–Trinajstić information content (AvgIpc) is 2.82. The Morgan fingerprint density at radius 1 is 1.24 bits per heavy atom. The summed E-state index contributed by atoms with van der Waals surface area (Å²) in [7, 11) is 1.57.